The molecule has 0 aromatic rings. The zero-order chi connectivity index (χ0) is 13.0. The summed E-state index contributed by atoms with van der Waals surface area (Å²) in [5.74, 6) is 0. The van der Waals surface area contributed by atoms with Gasteiger partial charge in [-0.2, -0.15) is 0 Å². The molecule has 0 aromatic carbocycles. The highest BCUT2D eigenvalue weighted by Crippen LogP contribution is 2.03. The van der Waals surface area contributed by atoms with E-state index >= 15 is 0 Å². The van der Waals surface area contributed by atoms with Crippen LogP contribution in [0, 0.1) is 0 Å². The molecule has 0 aliphatic carbocycles. The Hall–Kier alpha value is 0.790. The molecule has 0 radical (unpaired) electrons. The smallest absolute Gasteiger partial charge is 0.180 e. The third-order valence-electron chi connectivity index (χ3n) is 0.544. The summed E-state index contributed by atoms with van der Waals surface area (Å²) in [6.07, 6.45) is 0.583. The number of rotatable bonds is 2. The van der Waals surface area contributed by atoms with Crippen LogP contribution in [0.15, 0.2) is 0 Å². The number of halogens is 3. The van der Waals surface area contributed by atoms with E-state index in [0.29, 0.717) is 12.2 Å². The first-order valence-corrected chi connectivity index (χ1v) is 6.16. The van der Waals surface area contributed by atoms with E-state index in [1.807, 2.05) is 27.7 Å². The average molecular weight is 282 g/mol. The number of aliphatic hydroxyl groups is 1. The van der Waals surface area contributed by atoms with Gasteiger partial charge in [-0.1, -0.05) is 34.8 Å². The Morgan fingerprint density at radius 2 is 0.933 bits per heavy atom. The lowest BCUT2D eigenvalue weighted by Gasteiger charge is -2.09. The van der Waals surface area contributed by atoms with Gasteiger partial charge in [0.05, 0.1) is 12.2 Å². The Morgan fingerprint density at radius 1 is 0.800 bits per heavy atom. The Morgan fingerprint density at radius 3 is 0.933 bits per heavy atom. The van der Waals surface area contributed by atoms with Gasteiger partial charge in [0, 0.05) is 6.10 Å². The lowest BCUT2D eigenvalue weighted by Crippen LogP contribution is -2.09. The van der Waals surface area contributed by atoms with Gasteiger partial charge < -0.3 is 9.84 Å². The second-order valence-electron chi connectivity index (χ2n) is 3.57. The molecule has 2 nitrogen and oxygen atoms in total. The number of ether oxygens (including phenoxy) is 1. The number of alkyl halides is 3. The SMILES string of the molecule is CC(C)O.CC(C)OC(C)C.ClC(Cl)Cl. The summed E-state index contributed by atoms with van der Waals surface area (Å²) in [6.45, 7) is 11.6. The maximum Gasteiger partial charge on any atom is 0.180 e. The van der Waals surface area contributed by atoms with Crippen molar-refractivity contribution in [1.29, 1.82) is 0 Å². The van der Waals surface area contributed by atoms with Crippen LogP contribution in [0.1, 0.15) is 41.5 Å². The van der Waals surface area contributed by atoms with Crippen molar-refractivity contribution < 1.29 is 9.84 Å². The van der Waals surface area contributed by atoms with Crippen molar-refractivity contribution in [2.24, 2.45) is 0 Å². The summed E-state index contributed by atoms with van der Waals surface area (Å²) < 4.78 is 4.50. The Bertz CT molecular complexity index is 89.3. The van der Waals surface area contributed by atoms with Crippen molar-refractivity contribution in [1.82, 2.24) is 0 Å². The Labute approximate surface area is 109 Å². The summed E-state index contributed by atoms with van der Waals surface area (Å²) in [6, 6.07) is 0. The van der Waals surface area contributed by atoms with Crippen LogP contribution in [0.4, 0.5) is 0 Å². The zero-order valence-electron chi connectivity index (χ0n) is 10.3. The topological polar surface area (TPSA) is 29.5 Å². The van der Waals surface area contributed by atoms with Gasteiger partial charge in [-0.3, -0.25) is 0 Å². The summed E-state index contributed by atoms with van der Waals surface area (Å²) >= 11 is 14.4. The predicted octanol–water partition coefficient (Wildman–Crippen LogP) is 4.19. The van der Waals surface area contributed by atoms with Gasteiger partial charge in [0.2, 0.25) is 0 Å². The third-order valence-corrected chi connectivity index (χ3v) is 0.544. The summed E-state index contributed by atoms with van der Waals surface area (Å²) in [4.78, 5) is 0. The molecule has 0 spiro atoms. The molecular formula is C10H23Cl3O2. The molecule has 0 saturated heterocycles. The Balaban J connectivity index is -0.000000155. The minimum atomic E-state index is -0.750. The lowest BCUT2D eigenvalue weighted by molar-refractivity contribution is 0.0300. The van der Waals surface area contributed by atoms with Crippen LogP contribution < -0.4 is 0 Å². The highest BCUT2D eigenvalue weighted by molar-refractivity contribution is 6.63. The van der Waals surface area contributed by atoms with Gasteiger partial charge in [-0.15, -0.1) is 0 Å². The molecule has 0 aliphatic rings. The summed E-state index contributed by atoms with van der Waals surface area (Å²) in [7, 11) is 0. The zero-order valence-corrected chi connectivity index (χ0v) is 12.6. The molecule has 0 atom stereocenters. The van der Waals surface area contributed by atoms with Crippen molar-refractivity contribution in [3.8, 4) is 0 Å². The van der Waals surface area contributed by atoms with Gasteiger partial charge >= 0.3 is 0 Å². The highest BCUT2D eigenvalue weighted by Gasteiger charge is 1.94. The maximum absolute atomic E-state index is 8.06. The van der Waals surface area contributed by atoms with Crippen LogP contribution in [0.25, 0.3) is 0 Å². The first kappa shape index (κ1) is 21.1. The molecule has 0 amide bonds. The van der Waals surface area contributed by atoms with Crippen LogP contribution >= 0.6 is 34.8 Å². The van der Waals surface area contributed by atoms with Crippen LogP contribution in [0.3, 0.4) is 0 Å². The van der Waals surface area contributed by atoms with Gasteiger partial charge in [-0.05, 0) is 41.5 Å². The van der Waals surface area contributed by atoms with Crippen molar-refractivity contribution >= 4 is 34.8 Å². The van der Waals surface area contributed by atoms with E-state index in [-0.39, 0.29) is 6.10 Å². The molecule has 0 aliphatic heterocycles. The molecule has 15 heavy (non-hydrogen) atoms. The van der Waals surface area contributed by atoms with Crippen LogP contribution in [0.2, 0.25) is 0 Å². The molecule has 0 saturated carbocycles. The van der Waals surface area contributed by atoms with Crippen LogP contribution in [-0.2, 0) is 4.74 Å². The molecule has 96 valence electrons. The lowest BCUT2D eigenvalue weighted by atomic mass is 10.4. The standard InChI is InChI=1S/C6H14O.C3H8O.CHCl3/c1-5(2)7-6(3)4;1-3(2)4;2-1(3)4/h5-6H,1-4H3;3-4H,1-2H3;1H. The van der Waals surface area contributed by atoms with E-state index in [1.54, 1.807) is 13.8 Å². The maximum atomic E-state index is 8.06. The van der Waals surface area contributed by atoms with Crippen LogP contribution in [-0.4, -0.2) is 27.7 Å². The van der Waals surface area contributed by atoms with Crippen molar-refractivity contribution in [2.45, 2.75) is 64.1 Å². The van der Waals surface area contributed by atoms with Crippen molar-refractivity contribution in [2.75, 3.05) is 0 Å². The average Bonchev–Trinajstić information content (AvgIpc) is 1.78. The molecule has 1 N–H and O–H groups in total. The number of aliphatic hydroxyl groups excluding tert-OH is 1. The van der Waals surface area contributed by atoms with E-state index < -0.39 is 4.30 Å². The molecule has 5 heteroatoms. The van der Waals surface area contributed by atoms with E-state index in [2.05, 4.69) is 0 Å². The third kappa shape index (κ3) is 105. The molecular weight excluding hydrogens is 258 g/mol. The van der Waals surface area contributed by atoms with E-state index in [1.165, 1.54) is 0 Å². The summed E-state index contributed by atoms with van der Waals surface area (Å²) in [5.41, 5.74) is 0. The van der Waals surface area contributed by atoms with Gasteiger partial charge in [0.1, 0.15) is 0 Å². The van der Waals surface area contributed by atoms with E-state index in [9.17, 15) is 0 Å². The second-order valence-corrected chi connectivity index (χ2v) is 5.55. The quantitative estimate of drug-likeness (QED) is 0.769. The molecule has 0 bridgehead atoms. The van der Waals surface area contributed by atoms with Gasteiger partial charge in [0.15, 0.2) is 4.30 Å². The van der Waals surface area contributed by atoms with Crippen LogP contribution in [0.5, 0.6) is 0 Å². The fraction of sp³-hybridized carbons (Fsp3) is 1.00. The number of hydrogen-bond acceptors (Lipinski definition) is 2. The fourth-order valence-corrected chi connectivity index (χ4v) is 0.544. The predicted molar refractivity (Wildman–Crippen MR) is 70.1 cm³/mol. The largest absolute Gasteiger partial charge is 0.394 e. The van der Waals surface area contributed by atoms with Gasteiger partial charge in [-0.25, -0.2) is 0 Å². The molecule has 0 rings (SSSR count). The summed E-state index contributed by atoms with van der Waals surface area (Å²) in [5, 5.41) is 8.06. The number of hydrogen-bond donors (Lipinski definition) is 1. The minimum absolute atomic E-state index is 0.167. The van der Waals surface area contributed by atoms with Gasteiger partial charge in [0.25, 0.3) is 0 Å². The normalized spacial score (nSPS) is 10.0. The van der Waals surface area contributed by atoms with Crippen molar-refractivity contribution in [3.05, 3.63) is 0 Å². The molecule has 0 unspecified atom stereocenters. The van der Waals surface area contributed by atoms with E-state index in [0.717, 1.165) is 0 Å². The van der Waals surface area contributed by atoms with E-state index in [4.69, 9.17) is 44.6 Å². The molecule has 0 fully saturated rings. The first-order valence-electron chi connectivity index (χ1n) is 4.85. The molecule has 0 heterocycles. The second kappa shape index (κ2) is 14.8. The first-order chi connectivity index (χ1) is 6.59. The Kier molecular flexibility index (Phi) is 20.8. The highest BCUT2D eigenvalue weighted by atomic mass is 35.6. The minimum Gasteiger partial charge on any atom is -0.394 e. The monoisotopic (exact) mass is 280 g/mol. The van der Waals surface area contributed by atoms with Crippen molar-refractivity contribution in [3.63, 3.8) is 0 Å². The molecule has 0 aromatic heterocycles. The fourth-order valence-electron chi connectivity index (χ4n) is 0.544.